The van der Waals surface area contributed by atoms with Gasteiger partial charge < -0.3 is 9.84 Å². The number of para-hydroxylation sites is 1. The van der Waals surface area contributed by atoms with Crippen LogP contribution in [-0.4, -0.2) is 17.0 Å². The van der Waals surface area contributed by atoms with Crippen molar-refractivity contribution in [1.29, 1.82) is 0 Å². The fourth-order valence-electron chi connectivity index (χ4n) is 2.05. The van der Waals surface area contributed by atoms with Crippen LogP contribution in [-0.2, 0) is 0 Å². The molecular weight excluding hydrogens is 228 g/mol. The molecule has 18 heavy (non-hydrogen) atoms. The lowest BCUT2D eigenvalue weighted by Gasteiger charge is -2.29. The van der Waals surface area contributed by atoms with Crippen molar-refractivity contribution in [2.75, 3.05) is 0 Å². The normalized spacial score (nSPS) is 27.1. The predicted octanol–water partition coefficient (Wildman–Crippen LogP) is 2.36. The van der Waals surface area contributed by atoms with Crippen molar-refractivity contribution < 1.29 is 16.0 Å². The number of hydrogen-bond acceptors (Lipinski definition) is 3. The largest absolute Gasteiger partial charge is 0.482 e. The molecule has 2 aromatic rings. The van der Waals surface area contributed by atoms with Gasteiger partial charge in [-0.3, -0.25) is 4.79 Å². The Morgan fingerprint density at radius 2 is 1.72 bits per heavy atom. The van der Waals surface area contributed by atoms with E-state index in [1.165, 1.54) is 0 Å². The molecule has 2 unspecified atom stereocenters. The van der Waals surface area contributed by atoms with Gasteiger partial charge in [0.25, 0.3) is 0 Å². The van der Waals surface area contributed by atoms with Gasteiger partial charge in [0.2, 0.25) is 0 Å². The Hall–Kier alpha value is -2.13. The Morgan fingerprint density at radius 3 is 2.50 bits per heavy atom. The van der Waals surface area contributed by atoms with Crippen LogP contribution in [0.1, 0.15) is 23.4 Å². The number of ketones is 1. The average Bonchev–Trinajstić information content (AvgIpc) is 2.44. The van der Waals surface area contributed by atoms with Crippen molar-refractivity contribution in [3.63, 3.8) is 0 Å². The monoisotopic (exact) mass is 241 g/mol. The molecule has 1 aliphatic rings. The van der Waals surface area contributed by atoms with Gasteiger partial charge in [0.05, 0.1) is 6.93 Å². The summed E-state index contributed by atoms with van der Waals surface area (Å²) >= 11 is 0. The van der Waals surface area contributed by atoms with Crippen molar-refractivity contribution in [2.24, 2.45) is 0 Å². The molecule has 2 aromatic carbocycles. The SMILES string of the molecule is [2H]C1(O)C(=O)c2ccccc2OC1c1ccccc1. The van der Waals surface area contributed by atoms with E-state index in [0.717, 1.165) is 0 Å². The Labute approximate surface area is 106 Å². The lowest BCUT2D eigenvalue weighted by atomic mass is 9.94. The summed E-state index contributed by atoms with van der Waals surface area (Å²) in [5, 5.41) is 10.2. The molecule has 0 radical (unpaired) electrons. The zero-order chi connectivity index (χ0) is 13.5. The third kappa shape index (κ3) is 1.69. The number of Topliss-reactive ketones (excluding diaryl/α,β-unsaturated/α-hetero) is 1. The summed E-state index contributed by atoms with van der Waals surface area (Å²) in [5.74, 6) is -0.235. The van der Waals surface area contributed by atoms with E-state index in [0.29, 0.717) is 11.3 Å². The number of aliphatic hydroxyl groups is 1. The molecule has 0 aromatic heterocycles. The summed E-state index contributed by atoms with van der Waals surface area (Å²) in [6, 6.07) is 15.5. The lowest BCUT2D eigenvalue weighted by Crippen LogP contribution is -2.36. The first-order chi connectivity index (χ1) is 9.10. The summed E-state index contributed by atoms with van der Waals surface area (Å²) in [4.78, 5) is 12.2. The number of ether oxygens (including phenoxy) is 1. The Kier molecular flexibility index (Phi) is 2.34. The van der Waals surface area contributed by atoms with Crippen molar-refractivity contribution in [3.05, 3.63) is 65.7 Å². The summed E-state index contributed by atoms with van der Waals surface area (Å²) < 4.78 is 13.6. The van der Waals surface area contributed by atoms with Crippen LogP contribution in [0.4, 0.5) is 0 Å². The van der Waals surface area contributed by atoms with Gasteiger partial charge in [-0.1, -0.05) is 42.5 Å². The van der Waals surface area contributed by atoms with Crippen LogP contribution >= 0.6 is 0 Å². The second kappa shape index (κ2) is 4.27. The van der Waals surface area contributed by atoms with Crippen molar-refractivity contribution >= 4 is 5.78 Å². The van der Waals surface area contributed by atoms with Crippen LogP contribution in [0.5, 0.6) is 5.75 Å². The van der Waals surface area contributed by atoms with Gasteiger partial charge in [-0.2, -0.15) is 0 Å². The third-order valence-corrected chi connectivity index (χ3v) is 2.96. The maximum absolute atomic E-state index is 12.2. The molecule has 0 amide bonds. The molecule has 1 heterocycles. The number of fused-ring (bicyclic) bond motifs is 1. The molecule has 0 aliphatic carbocycles. The van der Waals surface area contributed by atoms with E-state index in [9.17, 15) is 9.90 Å². The molecule has 1 N–H and O–H groups in total. The number of carbonyl (C=O) groups excluding carboxylic acids is 1. The minimum Gasteiger partial charge on any atom is -0.482 e. The molecule has 0 saturated heterocycles. The Bertz CT molecular complexity index is 622. The fourth-order valence-corrected chi connectivity index (χ4v) is 2.05. The highest BCUT2D eigenvalue weighted by atomic mass is 16.5. The van der Waals surface area contributed by atoms with Gasteiger partial charge >= 0.3 is 0 Å². The topological polar surface area (TPSA) is 46.5 Å². The molecule has 3 nitrogen and oxygen atoms in total. The lowest BCUT2D eigenvalue weighted by molar-refractivity contribution is 0.0216. The first kappa shape index (κ1) is 9.85. The zero-order valence-electron chi connectivity index (χ0n) is 10.5. The number of hydrogen-bond donors (Lipinski definition) is 1. The van der Waals surface area contributed by atoms with Gasteiger partial charge in [0, 0.05) is 0 Å². The number of rotatable bonds is 1. The van der Waals surface area contributed by atoms with Crippen LogP contribution in [0.2, 0.25) is 0 Å². The molecule has 2 atom stereocenters. The van der Waals surface area contributed by atoms with Gasteiger partial charge in [0.1, 0.15) is 5.75 Å². The van der Waals surface area contributed by atoms with Crippen LogP contribution in [0.25, 0.3) is 0 Å². The van der Waals surface area contributed by atoms with Crippen LogP contribution in [0.15, 0.2) is 54.6 Å². The first-order valence-corrected chi connectivity index (χ1v) is 5.68. The van der Waals surface area contributed by atoms with Crippen molar-refractivity contribution in [1.82, 2.24) is 0 Å². The van der Waals surface area contributed by atoms with E-state index in [1.807, 2.05) is 6.07 Å². The molecule has 0 spiro atoms. The summed E-state index contributed by atoms with van der Waals surface area (Å²) in [5.41, 5.74) is 0.843. The smallest absolute Gasteiger partial charge is 0.199 e. The number of carbonyl (C=O) groups is 1. The Balaban J connectivity index is 2.11. The predicted molar refractivity (Wildman–Crippen MR) is 66.6 cm³/mol. The summed E-state index contributed by atoms with van der Waals surface area (Å²) in [6.45, 7) is 0. The fraction of sp³-hybridized carbons (Fsp3) is 0.133. The summed E-state index contributed by atoms with van der Waals surface area (Å²) in [6.07, 6.45) is -3.33. The molecule has 0 bridgehead atoms. The highest BCUT2D eigenvalue weighted by molar-refractivity contribution is 6.03. The van der Waals surface area contributed by atoms with E-state index in [-0.39, 0.29) is 5.56 Å². The van der Waals surface area contributed by atoms with Gasteiger partial charge in [-0.05, 0) is 17.7 Å². The minimum absolute atomic E-state index is 0.243. The average molecular weight is 241 g/mol. The zero-order valence-corrected chi connectivity index (χ0v) is 9.54. The highest BCUT2D eigenvalue weighted by Gasteiger charge is 2.36. The van der Waals surface area contributed by atoms with Crippen LogP contribution in [0, 0.1) is 0 Å². The van der Waals surface area contributed by atoms with E-state index in [1.54, 1.807) is 48.5 Å². The van der Waals surface area contributed by atoms with Crippen molar-refractivity contribution in [3.8, 4) is 5.75 Å². The molecule has 0 fully saturated rings. The van der Waals surface area contributed by atoms with Gasteiger partial charge in [0.15, 0.2) is 18.0 Å². The van der Waals surface area contributed by atoms with Gasteiger partial charge in [-0.25, -0.2) is 0 Å². The standard InChI is InChI=1S/C15H12O3/c16-13-11-8-4-5-9-12(11)18-15(14(13)17)10-6-2-1-3-7-10/h1-9,14-15,17H/i14D. The molecule has 3 heteroatoms. The van der Waals surface area contributed by atoms with E-state index >= 15 is 0 Å². The molecular formula is C15H12O3. The summed E-state index contributed by atoms with van der Waals surface area (Å²) in [7, 11) is 0. The maximum Gasteiger partial charge on any atom is 0.199 e. The van der Waals surface area contributed by atoms with Crippen LogP contribution in [0.3, 0.4) is 0 Å². The van der Waals surface area contributed by atoms with E-state index < -0.39 is 18.0 Å². The molecule has 90 valence electrons. The maximum atomic E-state index is 12.2. The highest BCUT2D eigenvalue weighted by Crippen LogP contribution is 2.34. The number of benzene rings is 2. The first-order valence-electron chi connectivity index (χ1n) is 6.18. The van der Waals surface area contributed by atoms with E-state index in [2.05, 4.69) is 0 Å². The van der Waals surface area contributed by atoms with E-state index in [4.69, 9.17) is 6.11 Å². The Morgan fingerprint density at radius 1 is 1.06 bits per heavy atom. The second-order valence-electron chi connectivity index (χ2n) is 4.12. The van der Waals surface area contributed by atoms with Gasteiger partial charge in [-0.15, -0.1) is 0 Å². The minimum atomic E-state index is -2.31. The van der Waals surface area contributed by atoms with Crippen molar-refractivity contribution in [2.45, 2.75) is 12.2 Å². The van der Waals surface area contributed by atoms with Crippen LogP contribution < -0.4 is 4.74 Å². The molecule has 1 aliphatic heterocycles. The quantitative estimate of drug-likeness (QED) is 0.833. The third-order valence-electron chi connectivity index (χ3n) is 2.96. The molecule has 3 rings (SSSR count). The molecule has 0 saturated carbocycles. The second-order valence-corrected chi connectivity index (χ2v) is 4.12.